The molecule has 2 N–H and O–H groups in total. The predicted octanol–water partition coefficient (Wildman–Crippen LogP) is 3.91. The van der Waals surface area contributed by atoms with Crippen LogP contribution in [0.3, 0.4) is 0 Å². The topological polar surface area (TPSA) is 54.2 Å². The van der Waals surface area contributed by atoms with Crippen LogP contribution in [0.2, 0.25) is 5.02 Å². The Hall–Kier alpha value is -2.22. The van der Waals surface area contributed by atoms with Crippen molar-refractivity contribution in [1.82, 2.24) is 20.4 Å². The van der Waals surface area contributed by atoms with Gasteiger partial charge in [0.25, 0.3) is 0 Å². The third-order valence-electron chi connectivity index (χ3n) is 3.63. The Labute approximate surface area is 155 Å². The maximum atomic E-state index is 13.0. The second-order valence-corrected chi connectivity index (χ2v) is 6.23. The van der Waals surface area contributed by atoms with Gasteiger partial charge in [0.05, 0.1) is 12.6 Å². The fraction of sp³-hybridized carbons (Fsp3) is 0.412. The Morgan fingerprint density at radius 3 is 2.73 bits per heavy atom. The summed E-state index contributed by atoms with van der Waals surface area (Å²) in [5.41, 5.74) is 0.0514. The van der Waals surface area contributed by atoms with Crippen LogP contribution in [0, 0.1) is 0 Å². The van der Waals surface area contributed by atoms with Gasteiger partial charge < -0.3 is 10.6 Å². The maximum absolute atomic E-state index is 13.0. The van der Waals surface area contributed by atoms with E-state index in [-0.39, 0.29) is 18.2 Å². The summed E-state index contributed by atoms with van der Waals surface area (Å²) < 4.78 is 40.2. The smallest absolute Gasteiger partial charge is 0.357 e. The van der Waals surface area contributed by atoms with Crippen molar-refractivity contribution in [1.29, 1.82) is 0 Å². The van der Waals surface area contributed by atoms with Gasteiger partial charge in [0.2, 0.25) is 0 Å². The summed E-state index contributed by atoms with van der Waals surface area (Å²) in [5.74, 6) is 0.414. The molecule has 0 aliphatic carbocycles. The molecule has 2 aromatic rings. The predicted molar refractivity (Wildman–Crippen MR) is 96.0 cm³/mol. The molecule has 5 nitrogen and oxygen atoms in total. The van der Waals surface area contributed by atoms with Gasteiger partial charge in [-0.25, -0.2) is 4.99 Å². The summed E-state index contributed by atoms with van der Waals surface area (Å²) in [5, 5.41) is 10.3. The van der Waals surface area contributed by atoms with Gasteiger partial charge in [-0.1, -0.05) is 23.7 Å². The Balaban J connectivity index is 2.17. The summed E-state index contributed by atoms with van der Waals surface area (Å²) in [7, 11) is 1.45. The molecule has 1 atom stereocenters. The highest BCUT2D eigenvalue weighted by Gasteiger charge is 2.36. The summed E-state index contributed by atoms with van der Waals surface area (Å²) in [6, 6.07) is 7.23. The molecule has 1 unspecified atom stereocenters. The van der Waals surface area contributed by atoms with E-state index >= 15 is 0 Å². The van der Waals surface area contributed by atoms with Crippen LogP contribution in [0.15, 0.2) is 35.5 Å². The minimum absolute atomic E-state index is 0.0209. The number of benzene rings is 1. The number of nitrogens with one attached hydrogen (secondary N) is 2. The fourth-order valence-electron chi connectivity index (χ4n) is 2.44. The van der Waals surface area contributed by atoms with Gasteiger partial charge in [-0.3, -0.25) is 4.68 Å². The third kappa shape index (κ3) is 5.39. The first-order chi connectivity index (χ1) is 12.2. The molecular formula is C17H21ClF3N5. The van der Waals surface area contributed by atoms with Crippen LogP contribution in [-0.2, 0) is 19.8 Å². The molecule has 1 aromatic carbocycles. The van der Waals surface area contributed by atoms with E-state index in [2.05, 4.69) is 20.7 Å². The number of aryl methyl sites for hydroxylation is 1. The lowest BCUT2D eigenvalue weighted by Crippen LogP contribution is -2.38. The fourth-order valence-corrected chi connectivity index (χ4v) is 2.64. The molecule has 9 heteroatoms. The zero-order chi connectivity index (χ0) is 19.3. The van der Waals surface area contributed by atoms with Gasteiger partial charge in [0.1, 0.15) is 0 Å². The Kier molecular flexibility index (Phi) is 6.52. The van der Waals surface area contributed by atoms with Gasteiger partial charge in [0.15, 0.2) is 11.7 Å². The zero-order valence-corrected chi connectivity index (χ0v) is 15.5. The molecule has 26 heavy (non-hydrogen) atoms. The number of nitrogens with zero attached hydrogens (tertiary/aromatic N) is 3. The minimum atomic E-state index is -4.51. The van der Waals surface area contributed by atoms with E-state index in [4.69, 9.17) is 11.6 Å². The molecule has 0 aliphatic heterocycles. The summed E-state index contributed by atoms with van der Waals surface area (Å²) in [6.07, 6.45) is -3.18. The van der Waals surface area contributed by atoms with Crippen LogP contribution in [0.25, 0.3) is 0 Å². The highest BCUT2D eigenvalue weighted by Crippen LogP contribution is 2.30. The van der Waals surface area contributed by atoms with Crippen molar-refractivity contribution in [3.63, 3.8) is 0 Å². The molecule has 0 saturated carbocycles. The van der Waals surface area contributed by atoms with E-state index < -0.39 is 11.9 Å². The number of halogens is 4. The highest BCUT2D eigenvalue weighted by atomic mass is 35.5. The summed E-state index contributed by atoms with van der Waals surface area (Å²) in [4.78, 5) is 4.27. The highest BCUT2D eigenvalue weighted by molar-refractivity contribution is 6.30. The molecule has 2 rings (SSSR count). The lowest BCUT2D eigenvalue weighted by atomic mass is 10.1. The first kappa shape index (κ1) is 20.1. The SMILES string of the molecule is CCNC(=NCc1cn(C)nc1C(F)(F)F)NC(C)c1cccc(Cl)c1. The quantitative estimate of drug-likeness (QED) is 0.604. The molecule has 0 aliphatic rings. The van der Waals surface area contributed by atoms with E-state index in [0.717, 1.165) is 10.2 Å². The van der Waals surface area contributed by atoms with Gasteiger partial charge in [-0.05, 0) is 31.5 Å². The Morgan fingerprint density at radius 1 is 1.38 bits per heavy atom. The zero-order valence-electron chi connectivity index (χ0n) is 14.7. The number of hydrogen-bond donors (Lipinski definition) is 2. The summed E-state index contributed by atoms with van der Waals surface area (Å²) >= 11 is 6.00. The Bertz CT molecular complexity index is 770. The van der Waals surface area contributed by atoms with E-state index in [9.17, 15) is 13.2 Å². The number of hydrogen-bond acceptors (Lipinski definition) is 2. The molecule has 0 spiro atoms. The lowest BCUT2D eigenvalue weighted by molar-refractivity contribution is -0.142. The molecular weight excluding hydrogens is 367 g/mol. The van der Waals surface area contributed by atoms with E-state index in [0.29, 0.717) is 17.5 Å². The average molecular weight is 388 g/mol. The largest absolute Gasteiger partial charge is 0.435 e. The molecule has 142 valence electrons. The van der Waals surface area contributed by atoms with Gasteiger partial charge in [-0.15, -0.1) is 0 Å². The number of guanidine groups is 1. The standard InChI is InChI=1S/C17H21ClF3N5/c1-4-22-16(24-11(2)12-6-5-7-14(18)8-12)23-9-13-10-26(3)25-15(13)17(19,20)21/h5-8,10-11H,4,9H2,1-3H3,(H2,22,23,24). The molecule has 1 aromatic heterocycles. The van der Waals surface area contributed by atoms with Crippen molar-refractivity contribution in [3.05, 3.63) is 52.3 Å². The number of aromatic nitrogens is 2. The van der Waals surface area contributed by atoms with Crippen molar-refractivity contribution >= 4 is 17.6 Å². The molecule has 0 fully saturated rings. The van der Waals surface area contributed by atoms with Crippen LogP contribution >= 0.6 is 11.6 Å². The van der Waals surface area contributed by atoms with Gasteiger partial charge in [0, 0.05) is 30.4 Å². The molecule has 0 saturated heterocycles. The van der Waals surface area contributed by atoms with E-state index in [1.165, 1.54) is 13.2 Å². The second kappa shape index (κ2) is 8.44. The monoisotopic (exact) mass is 387 g/mol. The van der Waals surface area contributed by atoms with Gasteiger partial charge in [-0.2, -0.15) is 18.3 Å². The second-order valence-electron chi connectivity index (χ2n) is 5.79. The first-order valence-electron chi connectivity index (χ1n) is 8.10. The minimum Gasteiger partial charge on any atom is -0.357 e. The van der Waals surface area contributed by atoms with Crippen LogP contribution in [-0.4, -0.2) is 22.3 Å². The van der Waals surface area contributed by atoms with Crippen molar-refractivity contribution in [2.75, 3.05) is 6.54 Å². The molecule has 0 bridgehead atoms. The average Bonchev–Trinajstić information content (AvgIpc) is 2.94. The normalized spacial score (nSPS) is 13.6. The van der Waals surface area contributed by atoms with Crippen molar-refractivity contribution in [3.8, 4) is 0 Å². The van der Waals surface area contributed by atoms with Crippen LogP contribution in [0.5, 0.6) is 0 Å². The third-order valence-corrected chi connectivity index (χ3v) is 3.86. The number of alkyl halides is 3. The molecule has 1 heterocycles. The lowest BCUT2D eigenvalue weighted by Gasteiger charge is -2.18. The van der Waals surface area contributed by atoms with E-state index in [1.54, 1.807) is 6.07 Å². The number of rotatable bonds is 5. The van der Waals surface area contributed by atoms with Crippen LogP contribution in [0.1, 0.15) is 36.7 Å². The number of aliphatic imine (C=N–C) groups is 1. The van der Waals surface area contributed by atoms with Crippen molar-refractivity contribution in [2.24, 2.45) is 12.0 Å². The summed E-state index contributed by atoms with van der Waals surface area (Å²) in [6.45, 7) is 4.24. The van der Waals surface area contributed by atoms with Crippen LogP contribution < -0.4 is 10.6 Å². The van der Waals surface area contributed by atoms with Crippen LogP contribution in [0.4, 0.5) is 13.2 Å². The maximum Gasteiger partial charge on any atom is 0.435 e. The molecule has 0 amide bonds. The molecule has 0 radical (unpaired) electrons. The van der Waals surface area contributed by atoms with Gasteiger partial charge >= 0.3 is 6.18 Å². The Morgan fingerprint density at radius 2 is 2.12 bits per heavy atom. The van der Waals surface area contributed by atoms with Crippen molar-refractivity contribution in [2.45, 2.75) is 32.6 Å². The van der Waals surface area contributed by atoms with Crippen molar-refractivity contribution < 1.29 is 13.2 Å². The first-order valence-corrected chi connectivity index (χ1v) is 8.48. The van der Waals surface area contributed by atoms with E-state index in [1.807, 2.05) is 32.0 Å².